The van der Waals surface area contributed by atoms with E-state index in [2.05, 4.69) is 47.9 Å². The minimum atomic E-state index is 0.717. The molecule has 2 heterocycles. The third-order valence-electron chi connectivity index (χ3n) is 5.32. The molecule has 2 aromatic heterocycles. The number of ether oxygens (including phenoxy) is 1. The molecular weight excluding hydrogens is 358 g/mol. The highest BCUT2D eigenvalue weighted by atomic mass is 16.5. The Labute approximate surface area is 169 Å². The number of unbranched alkanes of at least 4 members (excludes halogenated alkanes) is 1. The third-order valence-corrected chi connectivity index (χ3v) is 5.32. The maximum Gasteiger partial charge on any atom is 0.160 e. The second-order valence-corrected chi connectivity index (χ2v) is 7.42. The summed E-state index contributed by atoms with van der Waals surface area (Å²) in [5.41, 5.74) is 6.26. The molecule has 0 aliphatic carbocycles. The van der Waals surface area contributed by atoms with E-state index in [0.717, 1.165) is 59.3 Å². The van der Waals surface area contributed by atoms with Gasteiger partial charge in [-0.05, 0) is 50.1 Å². The molecule has 0 saturated carbocycles. The molecule has 0 radical (unpaired) electrons. The van der Waals surface area contributed by atoms with Gasteiger partial charge in [-0.25, -0.2) is 9.97 Å². The monoisotopic (exact) mass is 381 g/mol. The van der Waals surface area contributed by atoms with Gasteiger partial charge >= 0.3 is 0 Å². The lowest BCUT2D eigenvalue weighted by Crippen LogP contribution is -2.03. The fraction of sp³-hybridized carbons (Fsp3) is 0.200. The van der Waals surface area contributed by atoms with Crippen LogP contribution < -0.4 is 4.74 Å². The number of para-hydroxylation sites is 3. The second kappa shape index (κ2) is 7.55. The number of hydrogen-bond donors (Lipinski definition) is 0. The average molecular weight is 381 g/mol. The van der Waals surface area contributed by atoms with E-state index in [4.69, 9.17) is 14.7 Å². The number of aryl methyl sites for hydroxylation is 2. The van der Waals surface area contributed by atoms with Crippen molar-refractivity contribution in [3.63, 3.8) is 0 Å². The molecule has 0 fully saturated rings. The highest BCUT2D eigenvalue weighted by Gasteiger charge is 2.13. The lowest BCUT2D eigenvalue weighted by Gasteiger charge is -2.09. The molecule has 0 spiro atoms. The summed E-state index contributed by atoms with van der Waals surface area (Å²) in [7, 11) is 0. The molecule has 0 unspecified atom stereocenters. The van der Waals surface area contributed by atoms with Gasteiger partial charge in [0, 0.05) is 11.9 Å². The number of fused-ring (bicyclic) bond motifs is 4. The molecule has 0 aliphatic rings. The van der Waals surface area contributed by atoms with Gasteiger partial charge in [0.05, 0.1) is 23.2 Å². The molecule has 144 valence electrons. The smallest absolute Gasteiger partial charge is 0.160 e. The van der Waals surface area contributed by atoms with Crippen LogP contribution in [0.15, 0.2) is 72.8 Å². The van der Waals surface area contributed by atoms with Crippen molar-refractivity contribution in [1.29, 1.82) is 0 Å². The minimum Gasteiger partial charge on any atom is -0.494 e. The second-order valence-electron chi connectivity index (χ2n) is 7.42. The summed E-state index contributed by atoms with van der Waals surface area (Å²) in [4.78, 5) is 9.85. The predicted molar refractivity (Wildman–Crippen MR) is 118 cm³/mol. The van der Waals surface area contributed by atoms with E-state index in [0.29, 0.717) is 0 Å². The summed E-state index contributed by atoms with van der Waals surface area (Å²) in [6.45, 7) is 3.70. The minimum absolute atomic E-state index is 0.717. The lowest BCUT2D eigenvalue weighted by atomic mass is 10.2. The molecule has 0 aliphatic heterocycles. The van der Waals surface area contributed by atoms with Crippen LogP contribution in [0.1, 0.15) is 18.4 Å². The molecular formula is C25H23N3O. The lowest BCUT2D eigenvalue weighted by molar-refractivity contribution is 0.304. The van der Waals surface area contributed by atoms with Crippen molar-refractivity contribution >= 4 is 33.1 Å². The maximum atomic E-state index is 5.88. The standard InChI is InChI=1S/C25H23N3O/c1-18-12-14-19(15-13-18)29-17-7-6-16-28-23-11-5-2-8-20(23)24-25(28)27-22-10-4-3-9-21(22)26-24/h2-5,8-15H,6-7,16-17H2,1H3. The van der Waals surface area contributed by atoms with Crippen LogP contribution in [0.2, 0.25) is 0 Å². The van der Waals surface area contributed by atoms with Crippen LogP contribution in [0, 0.1) is 6.92 Å². The van der Waals surface area contributed by atoms with Gasteiger partial charge < -0.3 is 9.30 Å². The van der Waals surface area contributed by atoms with E-state index in [-0.39, 0.29) is 0 Å². The first kappa shape index (κ1) is 17.7. The van der Waals surface area contributed by atoms with E-state index in [1.54, 1.807) is 0 Å². The van der Waals surface area contributed by atoms with Crippen LogP contribution in [0.3, 0.4) is 0 Å². The summed E-state index contributed by atoms with van der Waals surface area (Å²) in [5, 5.41) is 1.16. The zero-order chi connectivity index (χ0) is 19.6. The van der Waals surface area contributed by atoms with E-state index in [9.17, 15) is 0 Å². The summed E-state index contributed by atoms with van der Waals surface area (Å²) in [5.74, 6) is 0.935. The van der Waals surface area contributed by atoms with E-state index < -0.39 is 0 Å². The van der Waals surface area contributed by atoms with E-state index in [1.165, 1.54) is 11.1 Å². The van der Waals surface area contributed by atoms with Crippen molar-refractivity contribution in [2.45, 2.75) is 26.3 Å². The molecule has 29 heavy (non-hydrogen) atoms. The Balaban J connectivity index is 1.38. The molecule has 4 heteroatoms. The van der Waals surface area contributed by atoms with Gasteiger partial charge in [-0.2, -0.15) is 0 Å². The fourth-order valence-corrected chi connectivity index (χ4v) is 3.81. The van der Waals surface area contributed by atoms with Crippen LogP contribution in [-0.4, -0.2) is 21.1 Å². The first-order chi connectivity index (χ1) is 14.3. The zero-order valence-electron chi connectivity index (χ0n) is 16.5. The summed E-state index contributed by atoms with van der Waals surface area (Å²) < 4.78 is 8.18. The van der Waals surface area contributed by atoms with Crippen LogP contribution in [-0.2, 0) is 6.54 Å². The quantitative estimate of drug-likeness (QED) is 0.344. The molecule has 3 aromatic carbocycles. The maximum absolute atomic E-state index is 5.88. The Kier molecular flexibility index (Phi) is 4.60. The first-order valence-corrected chi connectivity index (χ1v) is 10.1. The van der Waals surface area contributed by atoms with Crippen molar-refractivity contribution in [1.82, 2.24) is 14.5 Å². The predicted octanol–water partition coefficient (Wildman–Crippen LogP) is 5.91. The number of nitrogens with zero attached hydrogens (tertiary/aromatic N) is 3. The molecule has 5 aromatic rings. The SMILES string of the molecule is Cc1ccc(OCCCCn2c3ccccc3c3nc4ccccc4nc32)cc1. The Hall–Kier alpha value is -3.40. The number of benzene rings is 3. The van der Waals surface area contributed by atoms with E-state index >= 15 is 0 Å². The van der Waals surface area contributed by atoms with Crippen LogP contribution in [0.25, 0.3) is 33.1 Å². The largest absolute Gasteiger partial charge is 0.494 e. The van der Waals surface area contributed by atoms with Crippen molar-refractivity contribution < 1.29 is 4.74 Å². The zero-order valence-corrected chi connectivity index (χ0v) is 16.5. The van der Waals surface area contributed by atoms with Gasteiger partial charge in [-0.3, -0.25) is 0 Å². The Morgan fingerprint density at radius 2 is 1.52 bits per heavy atom. The van der Waals surface area contributed by atoms with Crippen molar-refractivity contribution in [2.75, 3.05) is 6.61 Å². The topological polar surface area (TPSA) is 39.9 Å². The first-order valence-electron chi connectivity index (χ1n) is 10.1. The van der Waals surface area contributed by atoms with Crippen molar-refractivity contribution in [3.05, 3.63) is 78.4 Å². The number of hydrogen-bond acceptors (Lipinski definition) is 3. The Morgan fingerprint density at radius 3 is 2.34 bits per heavy atom. The molecule has 0 amide bonds. The Morgan fingerprint density at radius 1 is 0.793 bits per heavy atom. The summed E-state index contributed by atoms with van der Waals surface area (Å²) >= 11 is 0. The summed E-state index contributed by atoms with van der Waals surface area (Å²) in [6, 6.07) is 24.7. The fourth-order valence-electron chi connectivity index (χ4n) is 3.81. The molecule has 0 N–H and O–H groups in total. The van der Waals surface area contributed by atoms with Crippen LogP contribution in [0.4, 0.5) is 0 Å². The van der Waals surface area contributed by atoms with Crippen LogP contribution in [0.5, 0.6) is 5.75 Å². The van der Waals surface area contributed by atoms with Gasteiger partial charge in [0.1, 0.15) is 11.3 Å². The normalized spacial score (nSPS) is 11.5. The number of aromatic nitrogens is 3. The highest BCUT2D eigenvalue weighted by Crippen LogP contribution is 2.28. The van der Waals surface area contributed by atoms with Gasteiger partial charge in [-0.1, -0.05) is 48.0 Å². The Bertz CT molecular complexity index is 1290. The van der Waals surface area contributed by atoms with Gasteiger partial charge in [-0.15, -0.1) is 0 Å². The molecule has 0 bridgehead atoms. The van der Waals surface area contributed by atoms with Crippen molar-refractivity contribution in [3.8, 4) is 5.75 Å². The van der Waals surface area contributed by atoms with Gasteiger partial charge in [0.15, 0.2) is 5.65 Å². The van der Waals surface area contributed by atoms with Gasteiger partial charge in [0.2, 0.25) is 0 Å². The molecule has 4 nitrogen and oxygen atoms in total. The third kappa shape index (κ3) is 3.42. The van der Waals surface area contributed by atoms with Gasteiger partial charge in [0.25, 0.3) is 0 Å². The molecule has 5 rings (SSSR count). The molecule has 0 atom stereocenters. The van der Waals surface area contributed by atoms with E-state index in [1.807, 2.05) is 36.4 Å². The number of rotatable bonds is 6. The molecule has 0 saturated heterocycles. The van der Waals surface area contributed by atoms with Crippen LogP contribution >= 0.6 is 0 Å². The van der Waals surface area contributed by atoms with Crippen molar-refractivity contribution in [2.24, 2.45) is 0 Å². The highest BCUT2D eigenvalue weighted by molar-refractivity contribution is 6.06. The summed E-state index contributed by atoms with van der Waals surface area (Å²) in [6.07, 6.45) is 2.01. The average Bonchev–Trinajstić information content (AvgIpc) is 3.06.